The number of hydrogen-bond donors (Lipinski definition) is 0. The van der Waals surface area contributed by atoms with Crippen LogP contribution in [-0.2, 0) is 19.1 Å². The maximum absolute atomic E-state index is 10.6. The van der Waals surface area contributed by atoms with Gasteiger partial charge >= 0.3 is 11.9 Å². The first kappa shape index (κ1) is 13.5. The van der Waals surface area contributed by atoms with Crippen molar-refractivity contribution >= 4 is 11.9 Å². The molecule has 0 amide bonds. The van der Waals surface area contributed by atoms with Crippen LogP contribution in [-0.4, -0.2) is 25.2 Å². The molecular formula is C7H13FO4. The fourth-order valence-corrected chi connectivity index (χ4v) is 0.542. The van der Waals surface area contributed by atoms with Crippen LogP contribution in [0.2, 0.25) is 0 Å². The van der Waals surface area contributed by atoms with Crippen molar-refractivity contribution in [2.24, 2.45) is 0 Å². The van der Waals surface area contributed by atoms with Crippen LogP contribution in [0.15, 0.2) is 0 Å². The summed E-state index contributed by atoms with van der Waals surface area (Å²) >= 11 is 0. The lowest BCUT2D eigenvalue weighted by Gasteiger charge is -2.00. The highest BCUT2D eigenvalue weighted by Gasteiger charge is 2.09. The molecule has 0 aliphatic rings. The van der Waals surface area contributed by atoms with Crippen molar-refractivity contribution in [1.82, 2.24) is 0 Å². The Bertz CT molecular complexity index is 130. The van der Waals surface area contributed by atoms with Gasteiger partial charge in [-0.2, -0.15) is 0 Å². The standard InChI is InChI=1S/C7H12O4.FH/c1-3-10-6(8)5-7(9)11-4-2;/h3-5H2,1-2H3;1H. The van der Waals surface area contributed by atoms with E-state index < -0.39 is 11.9 Å². The molecule has 0 fully saturated rings. The van der Waals surface area contributed by atoms with E-state index in [0.29, 0.717) is 0 Å². The largest absolute Gasteiger partial charge is 0.466 e. The molecule has 0 aromatic rings. The number of carbonyl (C=O) groups excluding carboxylic acids is 2. The molecule has 4 nitrogen and oxygen atoms in total. The van der Waals surface area contributed by atoms with Crippen LogP contribution in [0.5, 0.6) is 0 Å². The topological polar surface area (TPSA) is 52.6 Å². The lowest BCUT2D eigenvalue weighted by atomic mass is 10.4. The maximum atomic E-state index is 10.6. The molecule has 0 aliphatic carbocycles. The molecule has 0 aromatic heterocycles. The van der Waals surface area contributed by atoms with Gasteiger partial charge in [0.2, 0.25) is 0 Å². The van der Waals surface area contributed by atoms with Gasteiger partial charge in [0.05, 0.1) is 13.2 Å². The average molecular weight is 180 g/mol. The highest BCUT2D eigenvalue weighted by molar-refractivity contribution is 5.91. The van der Waals surface area contributed by atoms with Gasteiger partial charge in [0.1, 0.15) is 6.42 Å². The summed E-state index contributed by atoms with van der Waals surface area (Å²) in [6.07, 6.45) is -0.290. The molecule has 0 heterocycles. The fraction of sp³-hybridized carbons (Fsp3) is 0.714. The molecule has 0 saturated carbocycles. The lowest BCUT2D eigenvalue weighted by molar-refractivity contribution is -0.153. The minimum Gasteiger partial charge on any atom is -0.466 e. The van der Waals surface area contributed by atoms with Crippen molar-refractivity contribution in [1.29, 1.82) is 0 Å². The van der Waals surface area contributed by atoms with Gasteiger partial charge in [0.15, 0.2) is 0 Å². The molecular weight excluding hydrogens is 167 g/mol. The number of hydrogen-bond acceptors (Lipinski definition) is 4. The fourth-order valence-electron chi connectivity index (χ4n) is 0.542. The first-order chi connectivity index (χ1) is 5.20. The van der Waals surface area contributed by atoms with Crippen molar-refractivity contribution in [3.63, 3.8) is 0 Å². The zero-order chi connectivity index (χ0) is 8.69. The minimum atomic E-state index is -0.536. The highest BCUT2D eigenvalue weighted by atomic mass is 19.0. The SMILES string of the molecule is CCOC(=O)CC(=O)OCC.F. The molecule has 0 saturated heterocycles. The molecule has 0 aromatic carbocycles. The van der Waals surface area contributed by atoms with Gasteiger partial charge in [0.25, 0.3) is 0 Å². The van der Waals surface area contributed by atoms with Gasteiger partial charge in [-0.25, -0.2) is 0 Å². The quantitative estimate of drug-likeness (QED) is 0.471. The molecule has 0 unspecified atom stereocenters. The molecule has 72 valence electrons. The smallest absolute Gasteiger partial charge is 0.317 e. The monoisotopic (exact) mass is 180 g/mol. The van der Waals surface area contributed by atoms with Crippen LogP contribution in [0, 0.1) is 0 Å². The second-order valence-electron chi connectivity index (χ2n) is 1.79. The van der Waals surface area contributed by atoms with Crippen molar-refractivity contribution in [3.05, 3.63) is 0 Å². The number of esters is 2. The first-order valence-electron chi connectivity index (χ1n) is 3.52. The van der Waals surface area contributed by atoms with E-state index in [9.17, 15) is 9.59 Å². The van der Waals surface area contributed by atoms with Crippen molar-refractivity contribution in [2.75, 3.05) is 13.2 Å². The maximum Gasteiger partial charge on any atom is 0.317 e. The van der Waals surface area contributed by atoms with Crippen molar-refractivity contribution in [3.8, 4) is 0 Å². The Labute approximate surface area is 70.2 Å². The van der Waals surface area contributed by atoms with E-state index in [0.717, 1.165) is 0 Å². The summed E-state index contributed by atoms with van der Waals surface area (Å²) in [4.78, 5) is 21.2. The molecule has 0 rings (SSSR count). The van der Waals surface area contributed by atoms with Crippen LogP contribution >= 0.6 is 0 Å². The van der Waals surface area contributed by atoms with E-state index in [2.05, 4.69) is 9.47 Å². The van der Waals surface area contributed by atoms with Crippen molar-refractivity contribution in [2.45, 2.75) is 20.3 Å². The van der Waals surface area contributed by atoms with Crippen LogP contribution in [0.25, 0.3) is 0 Å². The first-order valence-corrected chi connectivity index (χ1v) is 3.52. The third-order valence-electron chi connectivity index (χ3n) is 0.899. The van der Waals surface area contributed by atoms with E-state index in [-0.39, 0.29) is 24.3 Å². The summed E-state index contributed by atoms with van der Waals surface area (Å²) in [5.41, 5.74) is 0. The zero-order valence-electron chi connectivity index (χ0n) is 7.16. The van der Waals surface area contributed by atoms with Crippen molar-refractivity contribution < 1.29 is 23.8 Å². The minimum absolute atomic E-state index is 0. The van der Waals surface area contributed by atoms with E-state index in [4.69, 9.17) is 0 Å². The Balaban J connectivity index is 0. The van der Waals surface area contributed by atoms with Gasteiger partial charge in [-0.15, -0.1) is 0 Å². The summed E-state index contributed by atoms with van der Waals surface area (Å²) in [6, 6.07) is 0. The van der Waals surface area contributed by atoms with Gasteiger partial charge in [-0.3, -0.25) is 14.3 Å². The number of rotatable bonds is 4. The summed E-state index contributed by atoms with van der Waals surface area (Å²) in [7, 11) is 0. The van der Waals surface area contributed by atoms with E-state index >= 15 is 0 Å². The van der Waals surface area contributed by atoms with E-state index in [1.807, 2.05) is 0 Å². The summed E-state index contributed by atoms with van der Waals surface area (Å²) in [5, 5.41) is 0. The molecule has 0 spiro atoms. The summed E-state index contributed by atoms with van der Waals surface area (Å²) in [5.74, 6) is -1.07. The van der Waals surface area contributed by atoms with E-state index in [1.54, 1.807) is 13.8 Å². The Morgan fingerprint density at radius 2 is 1.33 bits per heavy atom. The summed E-state index contributed by atoms with van der Waals surface area (Å²) < 4.78 is 9.04. The van der Waals surface area contributed by atoms with Gasteiger partial charge in [0, 0.05) is 0 Å². The number of ether oxygens (including phenoxy) is 2. The highest BCUT2D eigenvalue weighted by Crippen LogP contribution is 1.89. The third-order valence-corrected chi connectivity index (χ3v) is 0.899. The van der Waals surface area contributed by atoms with Crippen LogP contribution < -0.4 is 0 Å². The Hall–Kier alpha value is -1.13. The van der Waals surface area contributed by atoms with Gasteiger partial charge < -0.3 is 9.47 Å². The third kappa shape index (κ3) is 6.98. The van der Waals surface area contributed by atoms with Gasteiger partial charge in [-0.05, 0) is 13.8 Å². The van der Waals surface area contributed by atoms with Crippen LogP contribution in [0.4, 0.5) is 4.70 Å². The Morgan fingerprint density at radius 1 is 1.00 bits per heavy atom. The Morgan fingerprint density at radius 3 is 1.58 bits per heavy atom. The molecule has 0 atom stereocenters. The average Bonchev–Trinajstić information content (AvgIpc) is 1.87. The van der Waals surface area contributed by atoms with Crippen LogP contribution in [0.1, 0.15) is 20.3 Å². The number of halogens is 1. The molecule has 0 radical (unpaired) electrons. The Kier molecular flexibility index (Phi) is 8.94. The molecule has 0 bridgehead atoms. The second-order valence-corrected chi connectivity index (χ2v) is 1.79. The second kappa shape index (κ2) is 7.97. The summed E-state index contributed by atoms with van der Waals surface area (Å²) in [6.45, 7) is 3.95. The molecule has 0 N–H and O–H groups in total. The molecule has 12 heavy (non-hydrogen) atoms. The predicted molar refractivity (Wildman–Crippen MR) is 40.4 cm³/mol. The lowest BCUT2D eigenvalue weighted by Crippen LogP contribution is -2.13. The van der Waals surface area contributed by atoms with Gasteiger partial charge in [-0.1, -0.05) is 0 Å². The predicted octanol–water partition coefficient (Wildman–Crippen LogP) is 0.655. The molecule has 0 aliphatic heterocycles. The van der Waals surface area contributed by atoms with E-state index in [1.165, 1.54) is 0 Å². The molecule has 5 heteroatoms. The zero-order valence-corrected chi connectivity index (χ0v) is 7.16. The number of carbonyl (C=O) groups is 2. The van der Waals surface area contributed by atoms with Crippen LogP contribution in [0.3, 0.4) is 0 Å². The normalized spacial score (nSPS) is 8.17.